The van der Waals surface area contributed by atoms with Crippen LogP contribution in [0.15, 0.2) is 18.2 Å². The molecule has 1 N–H and O–H groups in total. The highest BCUT2D eigenvalue weighted by Gasteiger charge is 2.18. The predicted octanol–water partition coefficient (Wildman–Crippen LogP) is 3.01. The molecule has 1 aliphatic rings. The summed E-state index contributed by atoms with van der Waals surface area (Å²) in [6.07, 6.45) is 1.10. The van der Waals surface area contributed by atoms with Crippen LogP contribution < -0.4 is 5.32 Å². The van der Waals surface area contributed by atoms with Crippen LogP contribution in [-0.4, -0.2) is 41.9 Å². The van der Waals surface area contributed by atoms with Crippen molar-refractivity contribution >= 4 is 23.4 Å². The van der Waals surface area contributed by atoms with E-state index in [-0.39, 0.29) is 5.91 Å². The maximum atomic E-state index is 12.5. The van der Waals surface area contributed by atoms with Crippen molar-refractivity contribution in [3.63, 3.8) is 0 Å². The molecule has 0 aromatic heterocycles. The number of amides is 1. The molecule has 0 radical (unpaired) electrons. The molecular weight excluding hydrogens is 256 g/mol. The van der Waals surface area contributed by atoms with Gasteiger partial charge in [0.2, 0.25) is 0 Å². The predicted molar refractivity (Wildman–Crippen MR) is 83.2 cm³/mol. The summed E-state index contributed by atoms with van der Waals surface area (Å²) in [5, 5.41) is 3.28. The van der Waals surface area contributed by atoms with Crippen LogP contribution in [0.3, 0.4) is 0 Å². The molecule has 1 aromatic rings. The van der Waals surface area contributed by atoms with Gasteiger partial charge in [-0.25, -0.2) is 0 Å². The highest BCUT2D eigenvalue weighted by molar-refractivity contribution is 7.99. The fourth-order valence-corrected chi connectivity index (χ4v) is 3.22. The van der Waals surface area contributed by atoms with Gasteiger partial charge in [-0.05, 0) is 49.8 Å². The zero-order valence-corrected chi connectivity index (χ0v) is 12.6. The van der Waals surface area contributed by atoms with E-state index in [1.165, 1.54) is 5.75 Å². The minimum Gasteiger partial charge on any atom is -0.385 e. The third-order valence-electron chi connectivity index (χ3n) is 3.35. The van der Waals surface area contributed by atoms with Gasteiger partial charge in [-0.2, -0.15) is 11.8 Å². The Balaban J connectivity index is 2.13. The molecule has 1 heterocycles. The third kappa shape index (κ3) is 3.66. The van der Waals surface area contributed by atoms with Gasteiger partial charge in [0.05, 0.1) is 0 Å². The molecule has 1 saturated heterocycles. The average molecular weight is 278 g/mol. The van der Waals surface area contributed by atoms with E-state index in [0.717, 1.165) is 48.6 Å². The van der Waals surface area contributed by atoms with E-state index in [1.54, 1.807) is 0 Å². The number of nitrogens with zero attached hydrogens (tertiary/aromatic N) is 1. The van der Waals surface area contributed by atoms with Crippen molar-refractivity contribution in [2.24, 2.45) is 0 Å². The zero-order valence-electron chi connectivity index (χ0n) is 11.7. The Labute approximate surface area is 119 Å². The molecule has 1 aromatic carbocycles. The van der Waals surface area contributed by atoms with Gasteiger partial charge >= 0.3 is 0 Å². The van der Waals surface area contributed by atoms with Crippen LogP contribution in [0.25, 0.3) is 0 Å². The van der Waals surface area contributed by atoms with Gasteiger partial charge in [0.25, 0.3) is 5.91 Å². The summed E-state index contributed by atoms with van der Waals surface area (Å²) in [7, 11) is 0. The second-order valence-corrected chi connectivity index (χ2v) is 6.04. The molecule has 2 rings (SSSR count). The van der Waals surface area contributed by atoms with Crippen molar-refractivity contribution < 1.29 is 4.79 Å². The number of benzene rings is 1. The molecule has 19 heavy (non-hydrogen) atoms. The van der Waals surface area contributed by atoms with E-state index in [9.17, 15) is 4.79 Å². The van der Waals surface area contributed by atoms with E-state index in [2.05, 4.69) is 18.3 Å². The van der Waals surface area contributed by atoms with E-state index >= 15 is 0 Å². The number of aryl methyl sites for hydroxylation is 1. The lowest BCUT2D eigenvalue weighted by atomic mass is 10.1. The summed E-state index contributed by atoms with van der Waals surface area (Å²) >= 11 is 1.94. The summed E-state index contributed by atoms with van der Waals surface area (Å²) in [6.45, 7) is 6.75. The summed E-state index contributed by atoms with van der Waals surface area (Å²) < 4.78 is 0. The first kappa shape index (κ1) is 14.3. The molecule has 0 atom stereocenters. The molecular formula is C15H22N2OS. The topological polar surface area (TPSA) is 32.3 Å². The Morgan fingerprint density at radius 1 is 1.37 bits per heavy atom. The lowest BCUT2D eigenvalue weighted by Gasteiger charge is -2.21. The van der Waals surface area contributed by atoms with Gasteiger partial charge in [0.1, 0.15) is 0 Å². The fraction of sp³-hybridized carbons (Fsp3) is 0.533. The van der Waals surface area contributed by atoms with Crippen LogP contribution in [0.5, 0.6) is 0 Å². The van der Waals surface area contributed by atoms with Crippen LogP contribution >= 0.6 is 11.8 Å². The first-order chi connectivity index (χ1) is 9.22. The maximum Gasteiger partial charge on any atom is 0.254 e. The quantitative estimate of drug-likeness (QED) is 0.922. The van der Waals surface area contributed by atoms with Gasteiger partial charge in [0.15, 0.2) is 0 Å². The van der Waals surface area contributed by atoms with Crippen LogP contribution in [0.2, 0.25) is 0 Å². The molecule has 104 valence electrons. The van der Waals surface area contributed by atoms with Crippen molar-refractivity contribution in [1.82, 2.24) is 4.90 Å². The molecule has 1 aliphatic heterocycles. The van der Waals surface area contributed by atoms with E-state index in [1.807, 2.05) is 35.7 Å². The molecule has 0 bridgehead atoms. The average Bonchev–Trinajstić information content (AvgIpc) is 2.67. The molecule has 0 spiro atoms. The molecule has 0 aliphatic carbocycles. The molecule has 4 heteroatoms. The zero-order chi connectivity index (χ0) is 13.7. The Morgan fingerprint density at radius 3 is 2.95 bits per heavy atom. The SMILES string of the molecule is CCNc1ccc(C(=O)N2CCCSCC2)c(C)c1. The Bertz CT molecular complexity index is 440. The molecule has 3 nitrogen and oxygen atoms in total. The molecule has 0 saturated carbocycles. The second kappa shape index (κ2) is 6.85. The Hall–Kier alpha value is -1.16. The van der Waals surface area contributed by atoms with E-state index < -0.39 is 0 Å². The normalized spacial score (nSPS) is 16.0. The summed E-state index contributed by atoms with van der Waals surface area (Å²) in [6, 6.07) is 6.01. The summed E-state index contributed by atoms with van der Waals surface area (Å²) in [4.78, 5) is 14.5. The number of anilines is 1. The lowest BCUT2D eigenvalue weighted by Crippen LogP contribution is -2.33. The van der Waals surface area contributed by atoms with Crippen LogP contribution in [0.1, 0.15) is 29.3 Å². The first-order valence-electron chi connectivity index (χ1n) is 6.94. The Morgan fingerprint density at radius 2 is 2.21 bits per heavy atom. The number of hydrogen-bond donors (Lipinski definition) is 1. The number of hydrogen-bond acceptors (Lipinski definition) is 3. The lowest BCUT2D eigenvalue weighted by molar-refractivity contribution is 0.0768. The second-order valence-electron chi connectivity index (χ2n) is 4.82. The van der Waals surface area contributed by atoms with Crippen LogP contribution in [-0.2, 0) is 0 Å². The maximum absolute atomic E-state index is 12.5. The summed E-state index contributed by atoms with van der Waals surface area (Å²) in [5.41, 5.74) is 2.98. The minimum atomic E-state index is 0.183. The van der Waals surface area contributed by atoms with Crippen molar-refractivity contribution in [3.8, 4) is 0 Å². The smallest absolute Gasteiger partial charge is 0.254 e. The monoisotopic (exact) mass is 278 g/mol. The standard InChI is InChI=1S/C15H22N2OS/c1-3-16-13-5-6-14(12(2)11-13)15(18)17-7-4-9-19-10-8-17/h5-6,11,16H,3-4,7-10H2,1-2H3. The highest BCUT2D eigenvalue weighted by Crippen LogP contribution is 2.19. The van der Waals surface area contributed by atoms with Crippen molar-refractivity contribution in [3.05, 3.63) is 29.3 Å². The van der Waals surface area contributed by atoms with Crippen molar-refractivity contribution in [2.75, 3.05) is 36.5 Å². The third-order valence-corrected chi connectivity index (χ3v) is 4.40. The van der Waals surface area contributed by atoms with Crippen molar-refractivity contribution in [2.45, 2.75) is 20.3 Å². The van der Waals surface area contributed by atoms with Gasteiger partial charge in [-0.3, -0.25) is 4.79 Å². The molecule has 0 unspecified atom stereocenters. The van der Waals surface area contributed by atoms with Gasteiger partial charge in [-0.1, -0.05) is 0 Å². The van der Waals surface area contributed by atoms with E-state index in [0.29, 0.717) is 0 Å². The van der Waals surface area contributed by atoms with Crippen LogP contribution in [0.4, 0.5) is 5.69 Å². The van der Waals surface area contributed by atoms with Gasteiger partial charge in [-0.15, -0.1) is 0 Å². The number of thioether (sulfide) groups is 1. The first-order valence-corrected chi connectivity index (χ1v) is 8.09. The number of rotatable bonds is 3. The van der Waals surface area contributed by atoms with Crippen LogP contribution in [0, 0.1) is 6.92 Å². The molecule has 1 fully saturated rings. The largest absolute Gasteiger partial charge is 0.385 e. The fourth-order valence-electron chi connectivity index (χ4n) is 2.34. The van der Waals surface area contributed by atoms with E-state index in [4.69, 9.17) is 0 Å². The Kier molecular flexibility index (Phi) is 5.14. The van der Waals surface area contributed by atoms with Crippen molar-refractivity contribution in [1.29, 1.82) is 0 Å². The summed E-state index contributed by atoms with van der Waals surface area (Å²) in [5.74, 6) is 2.41. The van der Waals surface area contributed by atoms with Gasteiger partial charge in [0, 0.05) is 36.6 Å². The number of carbonyl (C=O) groups is 1. The number of nitrogens with one attached hydrogen (secondary N) is 1. The molecule has 1 amide bonds. The number of carbonyl (C=O) groups excluding carboxylic acids is 1. The minimum absolute atomic E-state index is 0.183. The van der Waals surface area contributed by atoms with Gasteiger partial charge < -0.3 is 10.2 Å². The highest BCUT2D eigenvalue weighted by atomic mass is 32.2.